The Labute approximate surface area is 162 Å². The van der Waals surface area contributed by atoms with Gasteiger partial charge in [0.05, 0.1) is 18.7 Å². The third kappa shape index (κ3) is 4.43. The third-order valence-corrected chi connectivity index (χ3v) is 4.13. The molecule has 0 aliphatic rings. The minimum atomic E-state index is -0.413. The van der Waals surface area contributed by atoms with Crippen molar-refractivity contribution < 1.29 is 18.7 Å². The first-order valence-corrected chi connectivity index (χ1v) is 8.90. The smallest absolute Gasteiger partial charge is 0.338 e. The lowest BCUT2D eigenvalue weighted by molar-refractivity contribution is 0.0525. The molecule has 1 amide bonds. The van der Waals surface area contributed by atoms with Gasteiger partial charge >= 0.3 is 5.97 Å². The standard InChI is InChI=1S/C21H21N3O4/c1-4-27-21(26)17-11-9-16(10-12-17)20(25)24(3)13-18-22-23-19(28-18)15-7-5-14(2)6-8-15/h5-12H,4,13H2,1-3H3. The lowest BCUT2D eigenvalue weighted by Crippen LogP contribution is -2.26. The highest BCUT2D eigenvalue weighted by molar-refractivity contribution is 5.96. The van der Waals surface area contributed by atoms with Crippen molar-refractivity contribution in [3.8, 4) is 11.5 Å². The summed E-state index contributed by atoms with van der Waals surface area (Å²) < 4.78 is 10.6. The van der Waals surface area contributed by atoms with Crippen LogP contribution in [0.3, 0.4) is 0 Å². The maximum atomic E-state index is 12.6. The zero-order valence-electron chi connectivity index (χ0n) is 16.0. The quantitative estimate of drug-likeness (QED) is 0.610. The largest absolute Gasteiger partial charge is 0.462 e. The molecular weight excluding hydrogens is 358 g/mol. The topological polar surface area (TPSA) is 85.5 Å². The number of hydrogen-bond donors (Lipinski definition) is 0. The van der Waals surface area contributed by atoms with Gasteiger partial charge < -0.3 is 14.1 Å². The Morgan fingerprint density at radius 2 is 1.64 bits per heavy atom. The van der Waals surface area contributed by atoms with Crippen LogP contribution in [0.5, 0.6) is 0 Å². The van der Waals surface area contributed by atoms with Gasteiger partial charge in [-0.05, 0) is 50.2 Å². The zero-order valence-corrected chi connectivity index (χ0v) is 16.0. The molecule has 0 radical (unpaired) electrons. The molecule has 1 aromatic heterocycles. The molecule has 0 fully saturated rings. The van der Waals surface area contributed by atoms with Gasteiger partial charge in [0.15, 0.2) is 0 Å². The summed E-state index contributed by atoms with van der Waals surface area (Å²) in [5.41, 5.74) is 2.82. The molecule has 0 aliphatic carbocycles. The molecule has 144 valence electrons. The lowest BCUT2D eigenvalue weighted by Gasteiger charge is -2.15. The van der Waals surface area contributed by atoms with Crippen molar-refractivity contribution in [3.63, 3.8) is 0 Å². The summed E-state index contributed by atoms with van der Waals surface area (Å²) in [5, 5.41) is 8.06. The van der Waals surface area contributed by atoms with E-state index < -0.39 is 5.97 Å². The first-order chi connectivity index (χ1) is 13.5. The molecule has 3 rings (SSSR count). The fraction of sp³-hybridized carbons (Fsp3) is 0.238. The van der Waals surface area contributed by atoms with Crippen LogP contribution >= 0.6 is 0 Å². The number of hydrogen-bond acceptors (Lipinski definition) is 6. The van der Waals surface area contributed by atoms with E-state index in [0.717, 1.165) is 11.1 Å². The molecule has 0 spiro atoms. The molecule has 0 N–H and O–H groups in total. The molecule has 3 aromatic rings. The Kier molecular flexibility index (Phi) is 5.84. The zero-order chi connectivity index (χ0) is 20.1. The Morgan fingerprint density at radius 3 is 2.29 bits per heavy atom. The van der Waals surface area contributed by atoms with Gasteiger partial charge in [0.2, 0.25) is 11.8 Å². The van der Waals surface area contributed by atoms with Crippen molar-refractivity contribution in [2.45, 2.75) is 20.4 Å². The van der Waals surface area contributed by atoms with Crippen molar-refractivity contribution in [1.82, 2.24) is 15.1 Å². The lowest BCUT2D eigenvalue weighted by atomic mass is 10.1. The molecule has 0 bridgehead atoms. The Balaban J connectivity index is 1.66. The highest BCUT2D eigenvalue weighted by Gasteiger charge is 2.17. The third-order valence-electron chi connectivity index (χ3n) is 4.13. The van der Waals surface area contributed by atoms with Gasteiger partial charge in [-0.25, -0.2) is 4.79 Å². The second-order valence-corrected chi connectivity index (χ2v) is 6.33. The maximum absolute atomic E-state index is 12.6. The van der Waals surface area contributed by atoms with Crippen LogP contribution in [0, 0.1) is 6.92 Å². The van der Waals surface area contributed by atoms with E-state index in [4.69, 9.17) is 9.15 Å². The predicted octanol–water partition coefficient (Wildman–Crippen LogP) is 3.49. The van der Waals surface area contributed by atoms with Gasteiger partial charge in [0.25, 0.3) is 5.91 Å². The summed E-state index contributed by atoms with van der Waals surface area (Å²) in [7, 11) is 1.65. The van der Waals surface area contributed by atoms with E-state index >= 15 is 0 Å². The number of amides is 1. The molecular formula is C21H21N3O4. The van der Waals surface area contributed by atoms with E-state index in [1.54, 1.807) is 38.2 Å². The molecule has 28 heavy (non-hydrogen) atoms. The molecule has 0 unspecified atom stereocenters. The van der Waals surface area contributed by atoms with Crippen molar-refractivity contribution in [3.05, 3.63) is 71.1 Å². The number of aryl methyl sites for hydroxylation is 1. The molecule has 2 aromatic carbocycles. The van der Waals surface area contributed by atoms with Crippen molar-refractivity contribution >= 4 is 11.9 Å². The van der Waals surface area contributed by atoms with E-state index in [9.17, 15) is 9.59 Å². The summed E-state index contributed by atoms with van der Waals surface area (Å²) in [4.78, 5) is 25.8. The fourth-order valence-corrected chi connectivity index (χ4v) is 2.59. The van der Waals surface area contributed by atoms with Gasteiger partial charge in [-0.2, -0.15) is 0 Å². The first kappa shape index (κ1) is 19.3. The van der Waals surface area contributed by atoms with E-state index in [-0.39, 0.29) is 12.5 Å². The Morgan fingerprint density at radius 1 is 1.00 bits per heavy atom. The van der Waals surface area contributed by atoms with E-state index in [1.165, 1.54) is 4.90 Å². The number of esters is 1. The summed E-state index contributed by atoms with van der Waals surface area (Å²) in [6.07, 6.45) is 0. The molecule has 7 heteroatoms. The van der Waals surface area contributed by atoms with Gasteiger partial charge in [0, 0.05) is 18.2 Å². The van der Waals surface area contributed by atoms with Crippen LogP contribution in [0.2, 0.25) is 0 Å². The number of carbonyl (C=O) groups is 2. The fourth-order valence-electron chi connectivity index (χ4n) is 2.59. The number of aromatic nitrogens is 2. The molecule has 0 saturated carbocycles. The monoisotopic (exact) mass is 379 g/mol. The molecule has 0 aliphatic heterocycles. The highest BCUT2D eigenvalue weighted by Crippen LogP contribution is 2.19. The minimum Gasteiger partial charge on any atom is -0.462 e. The maximum Gasteiger partial charge on any atom is 0.338 e. The number of benzene rings is 2. The number of ether oxygens (including phenoxy) is 1. The summed E-state index contributed by atoms with van der Waals surface area (Å²) in [5.74, 6) is 0.124. The number of carbonyl (C=O) groups excluding carboxylic acids is 2. The molecule has 0 saturated heterocycles. The van der Waals surface area contributed by atoms with E-state index in [2.05, 4.69) is 10.2 Å². The van der Waals surface area contributed by atoms with Gasteiger partial charge in [-0.3, -0.25) is 4.79 Å². The summed E-state index contributed by atoms with van der Waals surface area (Å²) in [6, 6.07) is 14.1. The number of nitrogens with zero attached hydrogens (tertiary/aromatic N) is 3. The Bertz CT molecular complexity index is 962. The van der Waals surface area contributed by atoms with Crippen LogP contribution < -0.4 is 0 Å². The normalized spacial score (nSPS) is 10.5. The summed E-state index contributed by atoms with van der Waals surface area (Å²) >= 11 is 0. The van der Waals surface area contributed by atoms with Gasteiger partial charge in [-0.1, -0.05) is 17.7 Å². The van der Waals surface area contributed by atoms with Crippen LogP contribution in [0.15, 0.2) is 52.9 Å². The molecule has 1 heterocycles. The second-order valence-electron chi connectivity index (χ2n) is 6.33. The Hall–Kier alpha value is -3.48. The minimum absolute atomic E-state index is 0.178. The second kappa shape index (κ2) is 8.47. The van der Waals surface area contributed by atoms with Gasteiger partial charge in [0.1, 0.15) is 0 Å². The average Bonchev–Trinajstić information content (AvgIpc) is 3.16. The van der Waals surface area contributed by atoms with Crippen molar-refractivity contribution in [1.29, 1.82) is 0 Å². The summed E-state index contributed by atoms with van der Waals surface area (Å²) in [6.45, 7) is 4.23. The predicted molar refractivity (Wildman–Crippen MR) is 103 cm³/mol. The number of rotatable bonds is 6. The van der Waals surface area contributed by atoms with E-state index in [1.807, 2.05) is 31.2 Å². The highest BCUT2D eigenvalue weighted by atomic mass is 16.5. The van der Waals surface area contributed by atoms with Crippen molar-refractivity contribution in [2.75, 3.05) is 13.7 Å². The van der Waals surface area contributed by atoms with Crippen LogP contribution in [0.25, 0.3) is 11.5 Å². The van der Waals surface area contributed by atoms with Gasteiger partial charge in [-0.15, -0.1) is 10.2 Å². The first-order valence-electron chi connectivity index (χ1n) is 8.90. The van der Waals surface area contributed by atoms with Crippen LogP contribution in [-0.2, 0) is 11.3 Å². The SMILES string of the molecule is CCOC(=O)c1ccc(C(=O)N(C)Cc2nnc(-c3ccc(C)cc3)o2)cc1. The van der Waals surface area contributed by atoms with Crippen LogP contribution in [0.1, 0.15) is 39.1 Å². The van der Waals surface area contributed by atoms with Crippen LogP contribution in [0.4, 0.5) is 0 Å². The average molecular weight is 379 g/mol. The molecule has 0 atom stereocenters. The van der Waals surface area contributed by atoms with Crippen molar-refractivity contribution in [2.24, 2.45) is 0 Å². The van der Waals surface area contributed by atoms with E-state index in [0.29, 0.717) is 29.5 Å². The molecule has 7 nitrogen and oxygen atoms in total. The van der Waals surface area contributed by atoms with Crippen LogP contribution in [-0.4, -0.2) is 40.6 Å².